The fraction of sp³-hybridized carbons (Fsp3) is 0.611. The van der Waals surface area contributed by atoms with Crippen molar-refractivity contribution in [1.29, 1.82) is 0 Å². The Kier molecular flexibility index (Phi) is 6.45. The molecule has 3 nitrogen and oxygen atoms in total. The highest BCUT2D eigenvalue weighted by Gasteiger charge is 2.33. The largest absolute Gasteiger partial charge is 0.355 e. The molecule has 1 aromatic carbocycles. The van der Waals surface area contributed by atoms with Gasteiger partial charge in [0.05, 0.1) is 5.41 Å². The minimum atomic E-state index is -0.491. The summed E-state index contributed by atoms with van der Waals surface area (Å²) in [4.78, 5) is 12.7. The van der Waals surface area contributed by atoms with Gasteiger partial charge in [-0.3, -0.25) is 4.79 Å². The van der Waals surface area contributed by atoms with E-state index in [4.69, 9.17) is 0 Å². The van der Waals surface area contributed by atoms with E-state index in [0.717, 1.165) is 38.0 Å². The number of rotatable bonds is 4. The molecule has 22 heavy (non-hydrogen) atoms. The van der Waals surface area contributed by atoms with E-state index in [1.165, 1.54) is 5.56 Å². The van der Waals surface area contributed by atoms with Crippen LogP contribution in [0.2, 0.25) is 0 Å². The van der Waals surface area contributed by atoms with Crippen LogP contribution in [0.15, 0.2) is 24.3 Å². The number of nitrogens with one attached hydrogen (secondary N) is 2. The maximum atomic E-state index is 12.7. The minimum absolute atomic E-state index is 0. The molecule has 0 saturated carbocycles. The van der Waals surface area contributed by atoms with Crippen molar-refractivity contribution in [3.05, 3.63) is 35.4 Å². The van der Waals surface area contributed by atoms with E-state index in [2.05, 4.69) is 36.6 Å². The fourth-order valence-corrected chi connectivity index (χ4v) is 3.12. The molecule has 1 saturated heterocycles. The van der Waals surface area contributed by atoms with Crippen molar-refractivity contribution in [2.75, 3.05) is 19.6 Å². The maximum Gasteiger partial charge on any atom is 0.230 e. The van der Waals surface area contributed by atoms with Gasteiger partial charge in [0, 0.05) is 6.54 Å². The normalized spacial score (nSPS) is 17.5. The minimum Gasteiger partial charge on any atom is -0.355 e. The first-order valence-electron chi connectivity index (χ1n) is 7.90. The van der Waals surface area contributed by atoms with E-state index < -0.39 is 5.41 Å². The van der Waals surface area contributed by atoms with Gasteiger partial charge in [0.15, 0.2) is 0 Å². The lowest BCUT2D eigenvalue weighted by Gasteiger charge is -2.35. The maximum absolute atomic E-state index is 12.7. The Morgan fingerprint density at radius 3 is 2.45 bits per heavy atom. The summed E-state index contributed by atoms with van der Waals surface area (Å²) in [5.41, 5.74) is 2.01. The van der Waals surface area contributed by atoms with Gasteiger partial charge in [-0.1, -0.05) is 31.2 Å². The summed E-state index contributed by atoms with van der Waals surface area (Å²) in [6.07, 6.45) is 2.25. The van der Waals surface area contributed by atoms with Gasteiger partial charge >= 0.3 is 0 Å². The van der Waals surface area contributed by atoms with Crippen LogP contribution in [0.25, 0.3) is 0 Å². The zero-order valence-electron chi connectivity index (χ0n) is 14.2. The van der Waals surface area contributed by atoms with Crippen LogP contribution in [-0.4, -0.2) is 25.5 Å². The standard InChI is InChI=1S/C18H28N2O.ClH/c1-14-7-5-6-8-15(14)17(2,3)16(21)20-13-18(4)9-11-19-12-10-18;/h5-8,19H,9-13H2,1-4H3,(H,20,21);1H. The molecule has 1 aliphatic rings. The number of amides is 1. The molecule has 1 aromatic rings. The summed E-state index contributed by atoms with van der Waals surface area (Å²) in [6.45, 7) is 11.2. The molecule has 1 fully saturated rings. The zero-order chi connectivity index (χ0) is 15.5. The Morgan fingerprint density at radius 1 is 1.27 bits per heavy atom. The molecule has 0 aliphatic carbocycles. The lowest BCUT2D eigenvalue weighted by atomic mass is 9.79. The third kappa shape index (κ3) is 4.23. The molecule has 2 N–H and O–H groups in total. The highest BCUT2D eigenvalue weighted by Crippen LogP contribution is 2.29. The zero-order valence-corrected chi connectivity index (χ0v) is 15.0. The SMILES string of the molecule is Cc1ccccc1C(C)(C)C(=O)NCC1(C)CCNCC1.Cl. The van der Waals surface area contributed by atoms with Crippen LogP contribution in [0.3, 0.4) is 0 Å². The lowest BCUT2D eigenvalue weighted by molar-refractivity contribution is -0.126. The Morgan fingerprint density at radius 2 is 1.86 bits per heavy atom. The van der Waals surface area contributed by atoms with Crippen LogP contribution < -0.4 is 10.6 Å². The predicted molar refractivity (Wildman–Crippen MR) is 94.7 cm³/mol. The van der Waals surface area contributed by atoms with Crippen molar-refractivity contribution < 1.29 is 4.79 Å². The number of carbonyl (C=O) groups is 1. The number of halogens is 1. The predicted octanol–water partition coefficient (Wildman–Crippen LogP) is 3.20. The van der Waals surface area contributed by atoms with Crippen molar-refractivity contribution in [2.24, 2.45) is 5.41 Å². The van der Waals surface area contributed by atoms with Crippen molar-refractivity contribution in [1.82, 2.24) is 10.6 Å². The van der Waals surface area contributed by atoms with Gasteiger partial charge in [0.25, 0.3) is 0 Å². The van der Waals surface area contributed by atoms with Crippen LogP contribution in [0.4, 0.5) is 0 Å². The first kappa shape index (κ1) is 19.0. The second kappa shape index (κ2) is 7.47. The highest BCUT2D eigenvalue weighted by atomic mass is 35.5. The number of benzene rings is 1. The average Bonchev–Trinajstić information content (AvgIpc) is 2.46. The van der Waals surface area contributed by atoms with E-state index in [1.807, 2.05) is 26.0 Å². The smallest absolute Gasteiger partial charge is 0.230 e. The molecule has 1 aliphatic heterocycles. The average molecular weight is 325 g/mol. The quantitative estimate of drug-likeness (QED) is 0.893. The van der Waals surface area contributed by atoms with Gasteiger partial charge in [-0.25, -0.2) is 0 Å². The van der Waals surface area contributed by atoms with Crippen LogP contribution in [0, 0.1) is 12.3 Å². The topological polar surface area (TPSA) is 41.1 Å². The van der Waals surface area contributed by atoms with Gasteiger partial charge in [0.1, 0.15) is 0 Å². The molecule has 0 spiro atoms. The lowest BCUT2D eigenvalue weighted by Crippen LogP contribution is -2.47. The van der Waals surface area contributed by atoms with Crippen molar-refractivity contribution in [3.8, 4) is 0 Å². The van der Waals surface area contributed by atoms with E-state index in [0.29, 0.717) is 0 Å². The molecule has 0 bridgehead atoms. The third-order valence-electron chi connectivity index (χ3n) is 4.87. The Hall–Kier alpha value is -1.06. The van der Waals surface area contributed by atoms with Gasteiger partial charge < -0.3 is 10.6 Å². The molecule has 1 heterocycles. The molecule has 4 heteroatoms. The van der Waals surface area contributed by atoms with Gasteiger partial charge in [0.2, 0.25) is 5.91 Å². The summed E-state index contributed by atoms with van der Waals surface area (Å²) in [6, 6.07) is 8.15. The Balaban J connectivity index is 0.00000242. The third-order valence-corrected chi connectivity index (χ3v) is 4.87. The van der Waals surface area contributed by atoms with E-state index >= 15 is 0 Å². The number of hydrogen-bond donors (Lipinski definition) is 2. The van der Waals surface area contributed by atoms with Gasteiger partial charge in [-0.05, 0) is 63.2 Å². The molecule has 1 amide bonds. The number of piperidine rings is 1. The van der Waals surface area contributed by atoms with Crippen molar-refractivity contribution in [3.63, 3.8) is 0 Å². The highest BCUT2D eigenvalue weighted by molar-refractivity contribution is 5.87. The van der Waals surface area contributed by atoms with Crippen molar-refractivity contribution >= 4 is 18.3 Å². The Labute approximate surface area is 140 Å². The van der Waals surface area contributed by atoms with Crippen molar-refractivity contribution in [2.45, 2.75) is 46.0 Å². The molecule has 0 atom stereocenters. The number of hydrogen-bond acceptors (Lipinski definition) is 2. The summed E-state index contributed by atoms with van der Waals surface area (Å²) in [5, 5.41) is 6.57. The number of aryl methyl sites for hydroxylation is 1. The second-order valence-corrected chi connectivity index (χ2v) is 7.18. The van der Waals surface area contributed by atoms with Gasteiger partial charge in [-0.2, -0.15) is 0 Å². The second-order valence-electron chi connectivity index (χ2n) is 7.18. The summed E-state index contributed by atoms with van der Waals surface area (Å²) < 4.78 is 0. The first-order valence-corrected chi connectivity index (χ1v) is 7.90. The Bertz CT molecular complexity index is 508. The molecule has 0 unspecified atom stereocenters. The monoisotopic (exact) mass is 324 g/mol. The van der Waals surface area contributed by atoms with E-state index in [1.54, 1.807) is 0 Å². The van der Waals surface area contributed by atoms with Gasteiger partial charge in [-0.15, -0.1) is 12.4 Å². The molecule has 124 valence electrons. The summed E-state index contributed by atoms with van der Waals surface area (Å²) in [7, 11) is 0. The van der Waals surface area contributed by atoms with Crippen LogP contribution in [-0.2, 0) is 10.2 Å². The fourth-order valence-electron chi connectivity index (χ4n) is 3.12. The van der Waals surface area contributed by atoms with E-state index in [9.17, 15) is 4.79 Å². The van der Waals surface area contributed by atoms with E-state index in [-0.39, 0.29) is 23.7 Å². The summed E-state index contributed by atoms with van der Waals surface area (Å²) >= 11 is 0. The summed E-state index contributed by atoms with van der Waals surface area (Å²) in [5.74, 6) is 0.122. The molecule has 2 rings (SSSR count). The molecule has 0 radical (unpaired) electrons. The van der Waals surface area contributed by atoms with Crippen LogP contribution >= 0.6 is 12.4 Å². The molecular weight excluding hydrogens is 296 g/mol. The van der Waals surface area contributed by atoms with Crippen LogP contribution in [0.5, 0.6) is 0 Å². The first-order chi connectivity index (χ1) is 9.85. The molecular formula is C18H29ClN2O. The number of carbonyl (C=O) groups excluding carboxylic acids is 1. The van der Waals surface area contributed by atoms with Crippen LogP contribution in [0.1, 0.15) is 44.7 Å². The molecule has 0 aromatic heterocycles.